The fourth-order valence-corrected chi connectivity index (χ4v) is 3.27. The van der Waals surface area contributed by atoms with Crippen LogP contribution < -0.4 is 4.90 Å². The van der Waals surface area contributed by atoms with Crippen LogP contribution in [0.2, 0.25) is 0 Å². The molecule has 138 valence electrons. The fraction of sp³-hybridized carbons (Fsp3) is 0.333. The Balaban J connectivity index is 0.00000243. The van der Waals surface area contributed by atoms with Gasteiger partial charge in [-0.2, -0.15) is 0 Å². The van der Waals surface area contributed by atoms with Gasteiger partial charge < -0.3 is 4.90 Å². The lowest BCUT2D eigenvalue weighted by Gasteiger charge is -2.26. The first-order valence-corrected chi connectivity index (χ1v) is 9.59. The molecule has 0 unspecified atom stereocenters. The van der Waals surface area contributed by atoms with Gasteiger partial charge in [-0.3, -0.25) is 9.79 Å². The average molecular weight is 480 g/mol. The van der Waals surface area contributed by atoms with Crippen molar-refractivity contribution in [1.29, 1.82) is 0 Å². The zero-order chi connectivity index (χ0) is 17.6. The highest BCUT2D eigenvalue weighted by Crippen LogP contribution is 2.21. The number of halogens is 2. The summed E-state index contributed by atoms with van der Waals surface area (Å²) < 4.78 is 0.979. The standard InChI is InChI=1S/C21H23BrN2O.BrH/c1-16-6-12-19(13-7-16)24(21-5-3-2-4-14-23-21)15-20(25)17-8-10-18(22)11-9-17;/h6-13H,2-5,14-15H2,1H3;1H. The molecule has 3 nitrogen and oxygen atoms in total. The molecule has 0 radical (unpaired) electrons. The van der Waals surface area contributed by atoms with Crippen molar-refractivity contribution in [3.8, 4) is 0 Å². The minimum Gasteiger partial charge on any atom is -0.322 e. The second-order valence-corrected chi connectivity index (χ2v) is 7.38. The molecule has 2 aromatic rings. The van der Waals surface area contributed by atoms with Crippen molar-refractivity contribution in [2.45, 2.75) is 32.6 Å². The number of anilines is 1. The van der Waals surface area contributed by atoms with E-state index in [1.54, 1.807) is 0 Å². The van der Waals surface area contributed by atoms with Crippen molar-refractivity contribution in [2.24, 2.45) is 4.99 Å². The van der Waals surface area contributed by atoms with Crippen molar-refractivity contribution in [3.63, 3.8) is 0 Å². The van der Waals surface area contributed by atoms with Crippen molar-refractivity contribution in [2.75, 3.05) is 18.0 Å². The molecule has 26 heavy (non-hydrogen) atoms. The molecule has 2 aromatic carbocycles. The van der Waals surface area contributed by atoms with Gasteiger partial charge >= 0.3 is 0 Å². The molecule has 0 atom stereocenters. The second kappa shape index (κ2) is 10.0. The molecule has 3 rings (SSSR count). The smallest absolute Gasteiger partial charge is 0.182 e. The summed E-state index contributed by atoms with van der Waals surface area (Å²) in [7, 11) is 0. The summed E-state index contributed by atoms with van der Waals surface area (Å²) in [5, 5.41) is 0. The Morgan fingerprint density at radius 2 is 1.73 bits per heavy atom. The summed E-state index contributed by atoms with van der Waals surface area (Å²) >= 11 is 3.42. The number of carbonyl (C=O) groups is 1. The monoisotopic (exact) mass is 478 g/mol. The van der Waals surface area contributed by atoms with Crippen molar-refractivity contribution < 1.29 is 4.79 Å². The van der Waals surface area contributed by atoms with E-state index in [1.165, 1.54) is 12.0 Å². The molecule has 0 saturated carbocycles. The molecule has 0 spiro atoms. The lowest BCUT2D eigenvalue weighted by Crippen LogP contribution is -2.36. The number of amidine groups is 1. The lowest BCUT2D eigenvalue weighted by molar-refractivity contribution is 0.100. The first-order chi connectivity index (χ1) is 12.1. The largest absolute Gasteiger partial charge is 0.322 e. The molecule has 1 heterocycles. The summed E-state index contributed by atoms with van der Waals surface area (Å²) in [5.41, 5.74) is 2.98. The Hall–Kier alpha value is -1.46. The highest BCUT2D eigenvalue weighted by molar-refractivity contribution is 9.10. The Morgan fingerprint density at radius 3 is 2.42 bits per heavy atom. The molecule has 0 bridgehead atoms. The van der Waals surface area contributed by atoms with E-state index in [4.69, 9.17) is 4.99 Å². The van der Waals surface area contributed by atoms with Gasteiger partial charge in [0.1, 0.15) is 5.84 Å². The normalized spacial score (nSPS) is 14.0. The van der Waals surface area contributed by atoms with Crippen LogP contribution in [-0.4, -0.2) is 24.7 Å². The summed E-state index contributed by atoms with van der Waals surface area (Å²) in [6.07, 6.45) is 4.40. The number of nitrogens with zero attached hydrogens (tertiary/aromatic N) is 2. The van der Waals surface area contributed by atoms with E-state index in [-0.39, 0.29) is 22.8 Å². The van der Waals surface area contributed by atoms with Crippen molar-refractivity contribution in [3.05, 3.63) is 64.1 Å². The first kappa shape index (κ1) is 20.8. The van der Waals surface area contributed by atoms with Gasteiger partial charge in [0.25, 0.3) is 0 Å². The lowest BCUT2D eigenvalue weighted by atomic mass is 10.1. The number of hydrogen-bond acceptors (Lipinski definition) is 3. The maximum Gasteiger partial charge on any atom is 0.182 e. The third kappa shape index (κ3) is 5.52. The highest BCUT2D eigenvalue weighted by Gasteiger charge is 2.19. The van der Waals surface area contributed by atoms with Gasteiger partial charge in [0.05, 0.1) is 6.54 Å². The molecular formula is C21H24Br2N2O. The highest BCUT2D eigenvalue weighted by atomic mass is 79.9. The number of Topliss-reactive ketones (excluding diaryl/α,β-unsaturated/α-hetero) is 1. The molecule has 0 amide bonds. The zero-order valence-corrected chi connectivity index (χ0v) is 18.2. The van der Waals surface area contributed by atoms with Crippen molar-refractivity contribution >= 4 is 50.2 Å². The van der Waals surface area contributed by atoms with Crippen LogP contribution in [0.1, 0.15) is 41.6 Å². The molecule has 0 aromatic heterocycles. The number of hydrogen-bond donors (Lipinski definition) is 0. The van der Waals surface area contributed by atoms with E-state index >= 15 is 0 Å². The first-order valence-electron chi connectivity index (χ1n) is 8.80. The molecular weight excluding hydrogens is 456 g/mol. The maximum absolute atomic E-state index is 12.8. The molecule has 0 fully saturated rings. The SMILES string of the molecule is Br.Cc1ccc(N(CC(=O)c2ccc(Br)cc2)C2=NCCCCC2)cc1. The van der Waals surface area contributed by atoms with Crippen LogP contribution in [0.4, 0.5) is 5.69 Å². The van der Waals surface area contributed by atoms with E-state index in [1.807, 2.05) is 24.3 Å². The predicted octanol–water partition coefficient (Wildman–Crippen LogP) is 6.00. The average Bonchev–Trinajstić information content (AvgIpc) is 2.90. The quantitative estimate of drug-likeness (QED) is 0.504. The number of ketones is 1. The van der Waals surface area contributed by atoms with E-state index < -0.39 is 0 Å². The minimum absolute atomic E-state index is 0. The summed E-state index contributed by atoms with van der Waals surface area (Å²) in [5.74, 6) is 1.15. The van der Waals surface area contributed by atoms with Crippen LogP contribution in [-0.2, 0) is 0 Å². The Morgan fingerprint density at radius 1 is 1.04 bits per heavy atom. The number of benzene rings is 2. The van der Waals surface area contributed by atoms with Gasteiger partial charge in [0.15, 0.2) is 5.78 Å². The van der Waals surface area contributed by atoms with Crippen LogP contribution in [0, 0.1) is 6.92 Å². The van der Waals surface area contributed by atoms with Crippen molar-refractivity contribution in [1.82, 2.24) is 0 Å². The molecule has 0 aliphatic carbocycles. The topological polar surface area (TPSA) is 32.7 Å². The zero-order valence-electron chi connectivity index (χ0n) is 15.0. The Kier molecular flexibility index (Phi) is 8.04. The van der Waals surface area contributed by atoms with Crippen LogP contribution in [0.3, 0.4) is 0 Å². The molecule has 5 heteroatoms. The predicted molar refractivity (Wildman–Crippen MR) is 118 cm³/mol. The summed E-state index contributed by atoms with van der Waals surface area (Å²) in [6.45, 7) is 3.25. The molecule has 1 aliphatic heterocycles. The Bertz CT molecular complexity index is 755. The van der Waals surface area contributed by atoms with Gasteiger partial charge in [-0.1, -0.05) is 52.2 Å². The van der Waals surface area contributed by atoms with Gasteiger partial charge in [0, 0.05) is 28.7 Å². The van der Waals surface area contributed by atoms with E-state index in [0.717, 1.165) is 47.4 Å². The molecule has 0 N–H and O–H groups in total. The number of aryl methyl sites for hydroxylation is 1. The van der Waals surface area contributed by atoms with E-state index in [2.05, 4.69) is 52.0 Å². The van der Waals surface area contributed by atoms with Gasteiger partial charge in [-0.05, 0) is 44.0 Å². The van der Waals surface area contributed by atoms with Crippen LogP contribution in [0.25, 0.3) is 0 Å². The van der Waals surface area contributed by atoms with Crippen LogP contribution in [0.15, 0.2) is 58.0 Å². The van der Waals surface area contributed by atoms with Gasteiger partial charge in [0.2, 0.25) is 0 Å². The van der Waals surface area contributed by atoms with Crippen LogP contribution >= 0.6 is 32.9 Å². The van der Waals surface area contributed by atoms with Gasteiger partial charge in [-0.25, -0.2) is 0 Å². The summed E-state index contributed by atoms with van der Waals surface area (Å²) in [6, 6.07) is 15.9. The number of aliphatic imine (C=N–C) groups is 1. The van der Waals surface area contributed by atoms with Gasteiger partial charge in [-0.15, -0.1) is 17.0 Å². The molecule has 1 aliphatic rings. The second-order valence-electron chi connectivity index (χ2n) is 6.46. The van der Waals surface area contributed by atoms with E-state index in [9.17, 15) is 4.79 Å². The third-order valence-corrected chi connectivity index (χ3v) is 5.01. The fourth-order valence-electron chi connectivity index (χ4n) is 3.01. The summed E-state index contributed by atoms with van der Waals surface area (Å²) in [4.78, 5) is 19.7. The number of rotatable bonds is 4. The number of carbonyl (C=O) groups excluding carboxylic acids is 1. The maximum atomic E-state index is 12.8. The van der Waals surface area contributed by atoms with E-state index in [0.29, 0.717) is 6.54 Å². The molecule has 0 saturated heterocycles. The minimum atomic E-state index is 0. The third-order valence-electron chi connectivity index (χ3n) is 4.48. The Labute approximate surface area is 174 Å². The van der Waals surface area contributed by atoms with Crippen LogP contribution in [0.5, 0.6) is 0 Å².